The molecule has 18 heavy (non-hydrogen) atoms. The van der Waals surface area contributed by atoms with E-state index in [4.69, 9.17) is 26.5 Å². The second kappa shape index (κ2) is 5.31. The van der Waals surface area contributed by atoms with Gasteiger partial charge in [-0.25, -0.2) is 0 Å². The quantitative estimate of drug-likeness (QED) is 0.924. The molecule has 2 rings (SSSR count). The van der Waals surface area contributed by atoms with Crippen molar-refractivity contribution in [2.24, 2.45) is 0 Å². The maximum absolute atomic E-state index is 6.07. The summed E-state index contributed by atoms with van der Waals surface area (Å²) in [6.07, 6.45) is 1.60. The van der Waals surface area contributed by atoms with Gasteiger partial charge in [0.05, 0.1) is 17.8 Å². The Morgan fingerprint density at radius 2 is 2.17 bits per heavy atom. The molecular weight excluding hydrogens is 252 g/mol. The standard InChI is InChI=1S/C13H15ClN2O2/c1-8-11(16-13(15)18-8)5-3-9-4-6-12(17-2)10(14)7-9/h4,6-7H,3,5H2,1-2H3,(H2,15,16). The lowest BCUT2D eigenvalue weighted by molar-refractivity contribution is 0.415. The Bertz CT molecular complexity index is 552. The highest BCUT2D eigenvalue weighted by Gasteiger charge is 2.08. The van der Waals surface area contributed by atoms with Crippen LogP contribution >= 0.6 is 11.6 Å². The van der Waals surface area contributed by atoms with Gasteiger partial charge < -0.3 is 14.9 Å². The molecule has 0 aliphatic rings. The number of methoxy groups -OCH3 is 1. The predicted octanol–water partition coefficient (Wildman–Crippen LogP) is 3.01. The van der Waals surface area contributed by atoms with Gasteiger partial charge in [-0.15, -0.1) is 0 Å². The van der Waals surface area contributed by atoms with Crippen molar-refractivity contribution < 1.29 is 9.15 Å². The summed E-state index contributed by atoms with van der Waals surface area (Å²) in [6.45, 7) is 1.86. The molecule has 0 aliphatic carbocycles. The normalized spacial score (nSPS) is 10.6. The average Bonchev–Trinajstić information content (AvgIpc) is 2.65. The summed E-state index contributed by atoms with van der Waals surface area (Å²) in [5.74, 6) is 1.45. The number of benzene rings is 1. The Balaban J connectivity index is 2.06. The molecule has 0 radical (unpaired) electrons. The Labute approximate surface area is 111 Å². The number of hydrogen-bond acceptors (Lipinski definition) is 4. The highest BCUT2D eigenvalue weighted by Crippen LogP contribution is 2.25. The molecule has 96 valence electrons. The first-order valence-corrected chi connectivity index (χ1v) is 6.02. The molecule has 5 heteroatoms. The minimum Gasteiger partial charge on any atom is -0.495 e. The lowest BCUT2D eigenvalue weighted by Crippen LogP contribution is -1.95. The SMILES string of the molecule is COc1ccc(CCc2nc(N)oc2C)cc1Cl. The third-order valence-electron chi connectivity index (χ3n) is 2.78. The van der Waals surface area contributed by atoms with Crippen molar-refractivity contribution in [1.82, 2.24) is 4.98 Å². The van der Waals surface area contributed by atoms with E-state index in [9.17, 15) is 0 Å². The third kappa shape index (κ3) is 2.76. The lowest BCUT2D eigenvalue weighted by Gasteiger charge is -2.05. The van der Waals surface area contributed by atoms with Gasteiger partial charge in [0, 0.05) is 0 Å². The molecule has 2 aromatic rings. The number of aryl methyl sites for hydroxylation is 3. The second-order valence-corrected chi connectivity index (χ2v) is 4.43. The number of anilines is 1. The minimum atomic E-state index is 0.218. The van der Waals surface area contributed by atoms with E-state index in [1.807, 2.05) is 25.1 Å². The first-order chi connectivity index (χ1) is 8.60. The van der Waals surface area contributed by atoms with E-state index in [0.29, 0.717) is 10.8 Å². The first-order valence-electron chi connectivity index (χ1n) is 5.64. The van der Waals surface area contributed by atoms with Crippen molar-refractivity contribution >= 4 is 17.6 Å². The molecule has 0 atom stereocenters. The summed E-state index contributed by atoms with van der Waals surface area (Å²) >= 11 is 6.07. The molecule has 0 spiro atoms. The number of nitrogen functional groups attached to an aromatic ring is 1. The maximum atomic E-state index is 6.07. The van der Waals surface area contributed by atoms with Crippen LogP contribution in [0.3, 0.4) is 0 Å². The molecule has 0 bridgehead atoms. The minimum absolute atomic E-state index is 0.218. The van der Waals surface area contributed by atoms with E-state index in [2.05, 4.69) is 4.98 Å². The molecule has 0 saturated heterocycles. The molecule has 0 aliphatic heterocycles. The second-order valence-electron chi connectivity index (χ2n) is 4.02. The van der Waals surface area contributed by atoms with Gasteiger partial charge in [0.15, 0.2) is 0 Å². The van der Waals surface area contributed by atoms with Gasteiger partial charge in [0.2, 0.25) is 0 Å². The average molecular weight is 267 g/mol. The Kier molecular flexibility index (Phi) is 3.77. The number of oxazole rings is 1. The van der Waals surface area contributed by atoms with Gasteiger partial charge in [-0.05, 0) is 37.5 Å². The van der Waals surface area contributed by atoms with Crippen LogP contribution < -0.4 is 10.5 Å². The lowest BCUT2D eigenvalue weighted by atomic mass is 10.1. The van der Waals surface area contributed by atoms with Gasteiger partial charge in [-0.2, -0.15) is 4.98 Å². The van der Waals surface area contributed by atoms with Crippen molar-refractivity contribution in [2.75, 3.05) is 12.8 Å². The van der Waals surface area contributed by atoms with Crippen LogP contribution in [0.15, 0.2) is 22.6 Å². The highest BCUT2D eigenvalue weighted by atomic mass is 35.5. The first kappa shape index (κ1) is 12.8. The van der Waals surface area contributed by atoms with Crippen LogP contribution in [-0.4, -0.2) is 12.1 Å². The Hall–Kier alpha value is -1.68. The smallest absolute Gasteiger partial charge is 0.292 e. The van der Waals surface area contributed by atoms with Crippen molar-refractivity contribution in [1.29, 1.82) is 0 Å². The van der Waals surface area contributed by atoms with E-state index >= 15 is 0 Å². The van der Waals surface area contributed by atoms with Crippen molar-refractivity contribution in [3.8, 4) is 5.75 Å². The molecular formula is C13H15ClN2O2. The summed E-state index contributed by atoms with van der Waals surface area (Å²) in [4.78, 5) is 4.13. The topological polar surface area (TPSA) is 61.3 Å². The number of nitrogens with two attached hydrogens (primary N) is 1. The molecule has 1 aromatic carbocycles. The molecule has 0 unspecified atom stereocenters. The zero-order chi connectivity index (χ0) is 13.1. The van der Waals surface area contributed by atoms with Gasteiger partial charge in [0.1, 0.15) is 11.5 Å². The summed E-state index contributed by atoms with van der Waals surface area (Å²) in [5, 5.41) is 0.617. The zero-order valence-corrected chi connectivity index (χ0v) is 11.1. The molecule has 0 saturated carbocycles. The van der Waals surface area contributed by atoms with Crippen LogP contribution in [0.2, 0.25) is 5.02 Å². The molecule has 0 amide bonds. The maximum Gasteiger partial charge on any atom is 0.292 e. The van der Waals surface area contributed by atoms with Gasteiger partial charge in [-0.1, -0.05) is 17.7 Å². The van der Waals surface area contributed by atoms with Crippen LogP contribution in [0.25, 0.3) is 0 Å². The monoisotopic (exact) mass is 266 g/mol. The highest BCUT2D eigenvalue weighted by molar-refractivity contribution is 6.32. The number of aromatic nitrogens is 1. The van der Waals surface area contributed by atoms with Crippen LogP contribution in [0.1, 0.15) is 17.0 Å². The van der Waals surface area contributed by atoms with Crippen molar-refractivity contribution in [3.05, 3.63) is 40.2 Å². The van der Waals surface area contributed by atoms with Crippen LogP contribution in [-0.2, 0) is 12.8 Å². The van der Waals surface area contributed by atoms with E-state index < -0.39 is 0 Å². The fourth-order valence-corrected chi connectivity index (χ4v) is 2.09. The molecule has 2 N–H and O–H groups in total. The van der Waals surface area contributed by atoms with Crippen LogP contribution in [0, 0.1) is 6.92 Å². The predicted molar refractivity (Wildman–Crippen MR) is 71.1 cm³/mol. The zero-order valence-electron chi connectivity index (χ0n) is 10.4. The fourth-order valence-electron chi connectivity index (χ4n) is 1.81. The van der Waals surface area contributed by atoms with Crippen LogP contribution in [0.5, 0.6) is 5.75 Å². The summed E-state index contributed by atoms with van der Waals surface area (Å²) in [7, 11) is 1.60. The van der Waals surface area contributed by atoms with Crippen LogP contribution in [0.4, 0.5) is 6.01 Å². The van der Waals surface area contributed by atoms with E-state index in [0.717, 1.165) is 29.9 Å². The number of nitrogens with zero attached hydrogens (tertiary/aromatic N) is 1. The van der Waals surface area contributed by atoms with Crippen molar-refractivity contribution in [3.63, 3.8) is 0 Å². The molecule has 1 heterocycles. The summed E-state index contributed by atoms with van der Waals surface area (Å²) in [6, 6.07) is 5.97. The number of ether oxygens (including phenoxy) is 1. The fraction of sp³-hybridized carbons (Fsp3) is 0.308. The van der Waals surface area contributed by atoms with Gasteiger partial charge in [-0.3, -0.25) is 0 Å². The van der Waals surface area contributed by atoms with E-state index in [1.54, 1.807) is 7.11 Å². The van der Waals surface area contributed by atoms with E-state index in [-0.39, 0.29) is 6.01 Å². The summed E-state index contributed by atoms with van der Waals surface area (Å²) < 4.78 is 10.3. The van der Waals surface area contributed by atoms with Gasteiger partial charge >= 0.3 is 0 Å². The number of halogens is 1. The number of rotatable bonds is 4. The van der Waals surface area contributed by atoms with Gasteiger partial charge in [0.25, 0.3) is 6.01 Å². The summed E-state index contributed by atoms with van der Waals surface area (Å²) in [5.41, 5.74) is 7.51. The molecule has 1 aromatic heterocycles. The molecule has 4 nitrogen and oxygen atoms in total. The van der Waals surface area contributed by atoms with E-state index in [1.165, 1.54) is 0 Å². The largest absolute Gasteiger partial charge is 0.495 e. The Morgan fingerprint density at radius 3 is 2.72 bits per heavy atom. The Morgan fingerprint density at radius 1 is 1.39 bits per heavy atom. The number of hydrogen-bond donors (Lipinski definition) is 1. The molecule has 0 fully saturated rings. The van der Waals surface area contributed by atoms with Crippen molar-refractivity contribution in [2.45, 2.75) is 19.8 Å². The third-order valence-corrected chi connectivity index (χ3v) is 3.07.